The number of hydrogen-bond donors (Lipinski definition) is 4. The number of hydrogen-bond acceptors (Lipinski definition) is 7. The van der Waals surface area contributed by atoms with E-state index in [-0.39, 0.29) is 12.2 Å². The van der Waals surface area contributed by atoms with E-state index in [9.17, 15) is 0 Å². The molecule has 0 amide bonds. The van der Waals surface area contributed by atoms with E-state index < -0.39 is 0 Å². The number of methoxy groups -OCH3 is 1. The number of hydrazine groups is 1. The number of halogens is 1. The van der Waals surface area contributed by atoms with Crippen LogP contribution < -0.4 is 26.2 Å². The minimum absolute atomic E-state index is 0.0180. The highest BCUT2D eigenvalue weighted by Gasteiger charge is 2.27. The molecule has 1 aromatic carbocycles. The molecule has 4 heterocycles. The van der Waals surface area contributed by atoms with Crippen molar-refractivity contribution >= 4 is 28.6 Å². The Balaban J connectivity index is 1.31. The summed E-state index contributed by atoms with van der Waals surface area (Å²) in [6.07, 6.45) is 6.98. The van der Waals surface area contributed by atoms with Crippen LogP contribution in [0, 0.1) is 0 Å². The maximum atomic E-state index is 6.10. The Hall–Kier alpha value is -2.39. The van der Waals surface area contributed by atoms with Crippen molar-refractivity contribution in [1.82, 2.24) is 30.7 Å². The summed E-state index contributed by atoms with van der Waals surface area (Å²) in [5, 5.41) is 7.55. The lowest BCUT2D eigenvalue weighted by Gasteiger charge is -2.24. The fourth-order valence-electron chi connectivity index (χ4n) is 4.37. The molecule has 4 N–H and O–H groups in total. The average Bonchev–Trinajstić information content (AvgIpc) is 3.41. The van der Waals surface area contributed by atoms with Crippen molar-refractivity contribution < 1.29 is 4.74 Å². The van der Waals surface area contributed by atoms with Crippen LogP contribution in [0.2, 0.25) is 5.02 Å². The zero-order valence-corrected chi connectivity index (χ0v) is 17.6. The van der Waals surface area contributed by atoms with Gasteiger partial charge in [0, 0.05) is 29.2 Å². The molecule has 0 aliphatic carbocycles. The van der Waals surface area contributed by atoms with E-state index in [0.717, 1.165) is 60.6 Å². The molecule has 8 nitrogen and oxygen atoms in total. The number of fused-ring (bicyclic) bond motifs is 1. The first-order valence-corrected chi connectivity index (χ1v) is 10.7. The molecule has 0 saturated carbocycles. The van der Waals surface area contributed by atoms with Gasteiger partial charge in [-0.05, 0) is 44.1 Å². The number of ether oxygens (including phenoxy) is 1. The van der Waals surface area contributed by atoms with Gasteiger partial charge in [-0.1, -0.05) is 17.7 Å². The van der Waals surface area contributed by atoms with Crippen molar-refractivity contribution in [2.24, 2.45) is 0 Å². The van der Waals surface area contributed by atoms with Crippen LogP contribution in [-0.2, 0) is 0 Å². The smallest absolute Gasteiger partial charge is 0.161 e. The lowest BCUT2D eigenvalue weighted by Crippen LogP contribution is -2.36. The van der Waals surface area contributed by atoms with Crippen molar-refractivity contribution in [2.45, 2.75) is 37.5 Å². The first-order valence-electron chi connectivity index (χ1n) is 10.4. The minimum Gasteiger partial charge on any atom is -0.496 e. The molecule has 2 aromatic heterocycles. The zero-order chi connectivity index (χ0) is 20.5. The molecule has 158 valence electrons. The quantitative estimate of drug-likeness (QED) is 0.497. The standard InChI is InChI=1S/C21H26ClN7O/c1-30-18-10-13(22)2-3-15(18)17-11-19(28-27-17)25-20-12-24-16-6-9-29(21(16)26-20)14-4-7-23-8-5-14/h2-3,6,9-10,12,14,17,19,23,27-28H,4-5,7-8,11H2,1H3,(H,25,26). The Morgan fingerprint density at radius 1 is 1.20 bits per heavy atom. The van der Waals surface area contributed by atoms with Crippen LogP contribution in [0.15, 0.2) is 36.7 Å². The molecule has 2 fully saturated rings. The third kappa shape index (κ3) is 3.83. The lowest BCUT2D eigenvalue weighted by molar-refractivity contribution is 0.375. The van der Waals surface area contributed by atoms with Crippen molar-refractivity contribution in [3.05, 3.63) is 47.2 Å². The van der Waals surface area contributed by atoms with Crippen LogP contribution in [0.4, 0.5) is 5.82 Å². The van der Waals surface area contributed by atoms with Crippen molar-refractivity contribution in [3.8, 4) is 5.75 Å². The third-order valence-electron chi connectivity index (χ3n) is 5.92. The van der Waals surface area contributed by atoms with E-state index in [4.69, 9.17) is 21.3 Å². The maximum absolute atomic E-state index is 6.10. The fourth-order valence-corrected chi connectivity index (χ4v) is 4.53. The van der Waals surface area contributed by atoms with Gasteiger partial charge in [0.25, 0.3) is 0 Å². The predicted molar refractivity (Wildman–Crippen MR) is 118 cm³/mol. The van der Waals surface area contributed by atoms with Gasteiger partial charge in [0.1, 0.15) is 17.1 Å². The molecule has 2 aliphatic rings. The van der Waals surface area contributed by atoms with Crippen LogP contribution in [0.3, 0.4) is 0 Å². The summed E-state index contributed by atoms with van der Waals surface area (Å²) >= 11 is 6.10. The molecule has 2 atom stereocenters. The SMILES string of the molecule is COc1cc(Cl)ccc1C1CC(Nc2cnc3ccn(C4CCNCC4)c3n2)NN1. The predicted octanol–water partition coefficient (Wildman–Crippen LogP) is 2.99. The summed E-state index contributed by atoms with van der Waals surface area (Å²) in [5.74, 6) is 1.54. The number of aromatic nitrogens is 3. The summed E-state index contributed by atoms with van der Waals surface area (Å²) in [6.45, 7) is 2.09. The summed E-state index contributed by atoms with van der Waals surface area (Å²) in [5.41, 5.74) is 9.58. The van der Waals surface area contributed by atoms with Crippen molar-refractivity contribution in [1.29, 1.82) is 0 Å². The van der Waals surface area contributed by atoms with Gasteiger partial charge in [-0.2, -0.15) is 0 Å². The summed E-state index contributed by atoms with van der Waals surface area (Å²) < 4.78 is 7.77. The van der Waals surface area contributed by atoms with E-state index in [1.54, 1.807) is 13.3 Å². The first-order chi connectivity index (χ1) is 14.7. The number of rotatable bonds is 5. The van der Waals surface area contributed by atoms with Gasteiger partial charge in [-0.15, -0.1) is 0 Å². The largest absolute Gasteiger partial charge is 0.496 e. The van der Waals surface area contributed by atoms with E-state index in [2.05, 4.69) is 37.2 Å². The van der Waals surface area contributed by atoms with Crippen molar-refractivity contribution in [3.63, 3.8) is 0 Å². The number of anilines is 1. The summed E-state index contributed by atoms with van der Waals surface area (Å²) in [6, 6.07) is 8.35. The molecular weight excluding hydrogens is 402 g/mol. The second kappa shape index (κ2) is 8.39. The van der Waals surface area contributed by atoms with Gasteiger partial charge >= 0.3 is 0 Å². The van der Waals surface area contributed by atoms with Gasteiger partial charge in [-0.25, -0.2) is 20.8 Å². The van der Waals surface area contributed by atoms with E-state index in [0.29, 0.717) is 11.1 Å². The van der Waals surface area contributed by atoms with Crippen LogP contribution >= 0.6 is 11.6 Å². The molecule has 0 bridgehead atoms. The Morgan fingerprint density at radius 3 is 2.90 bits per heavy atom. The van der Waals surface area contributed by atoms with Crippen molar-refractivity contribution in [2.75, 3.05) is 25.5 Å². The molecule has 9 heteroatoms. The Kier molecular flexibility index (Phi) is 5.47. The molecule has 0 spiro atoms. The molecule has 2 aliphatic heterocycles. The third-order valence-corrected chi connectivity index (χ3v) is 6.15. The van der Waals surface area contributed by atoms with Crippen LogP contribution in [0.5, 0.6) is 5.75 Å². The molecule has 2 saturated heterocycles. The maximum Gasteiger partial charge on any atom is 0.161 e. The van der Waals surface area contributed by atoms with E-state index in [1.165, 1.54) is 0 Å². The highest BCUT2D eigenvalue weighted by Crippen LogP contribution is 2.32. The number of benzene rings is 1. The van der Waals surface area contributed by atoms with Gasteiger partial charge in [0.15, 0.2) is 5.65 Å². The first kappa shape index (κ1) is 19.6. The van der Waals surface area contributed by atoms with Gasteiger partial charge in [0.2, 0.25) is 0 Å². The van der Waals surface area contributed by atoms with E-state index in [1.807, 2.05) is 24.3 Å². The van der Waals surface area contributed by atoms with Gasteiger partial charge in [-0.3, -0.25) is 0 Å². The molecule has 30 heavy (non-hydrogen) atoms. The second-order valence-electron chi connectivity index (χ2n) is 7.83. The Bertz CT molecular complexity index is 1030. The van der Waals surface area contributed by atoms with Crippen LogP contribution in [-0.4, -0.2) is 40.9 Å². The minimum atomic E-state index is 0.0180. The van der Waals surface area contributed by atoms with Crippen LogP contribution in [0.1, 0.15) is 36.9 Å². The monoisotopic (exact) mass is 427 g/mol. The normalized spacial score (nSPS) is 22.5. The lowest BCUT2D eigenvalue weighted by atomic mass is 10.0. The molecule has 0 radical (unpaired) electrons. The zero-order valence-electron chi connectivity index (χ0n) is 16.9. The topological polar surface area (TPSA) is 88.1 Å². The highest BCUT2D eigenvalue weighted by atomic mass is 35.5. The summed E-state index contributed by atoms with van der Waals surface area (Å²) in [4.78, 5) is 9.48. The van der Waals surface area contributed by atoms with E-state index >= 15 is 0 Å². The molecule has 3 aromatic rings. The molecular formula is C21H26ClN7O. The fraction of sp³-hybridized carbons (Fsp3) is 0.429. The molecule has 5 rings (SSSR count). The number of nitrogens with one attached hydrogen (secondary N) is 4. The van der Waals surface area contributed by atoms with Crippen LogP contribution in [0.25, 0.3) is 11.2 Å². The highest BCUT2D eigenvalue weighted by molar-refractivity contribution is 6.30. The van der Waals surface area contributed by atoms with Gasteiger partial charge in [0.05, 0.1) is 25.5 Å². The number of piperidine rings is 1. The Labute approximate surface area is 180 Å². The Morgan fingerprint density at radius 2 is 2.07 bits per heavy atom. The number of nitrogens with zero attached hydrogens (tertiary/aromatic N) is 3. The summed E-state index contributed by atoms with van der Waals surface area (Å²) in [7, 11) is 1.66. The second-order valence-corrected chi connectivity index (χ2v) is 8.26. The van der Waals surface area contributed by atoms with Gasteiger partial charge < -0.3 is 19.9 Å². The molecule has 2 unspecified atom stereocenters. The average molecular weight is 428 g/mol.